The lowest BCUT2D eigenvalue weighted by Crippen LogP contribution is -2.48. The molecule has 2 aliphatic heterocycles. The summed E-state index contributed by atoms with van der Waals surface area (Å²) in [5.74, 6) is 1.56. The number of anilines is 1. The molecule has 2 aromatic heterocycles. The van der Waals surface area contributed by atoms with Crippen molar-refractivity contribution in [1.82, 2.24) is 19.4 Å². The molecule has 2 aromatic carbocycles. The van der Waals surface area contributed by atoms with E-state index < -0.39 is 0 Å². The van der Waals surface area contributed by atoms with Crippen LogP contribution in [-0.2, 0) is 17.9 Å². The Morgan fingerprint density at radius 3 is 2.66 bits per heavy atom. The average molecular weight is 576 g/mol. The molecule has 0 saturated carbocycles. The first-order chi connectivity index (χ1) is 19.9. The van der Waals surface area contributed by atoms with E-state index in [9.17, 15) is 14.4 Å². The summed E-state index contributed by atoms with van der Waals surface area (Å²) in [6, 6.07) is 13.0. The van der Waals surface area contributed by atoms with E-state index in [1.807, 2.05) is 23.1 Å². The summed E-state index contributed by atoms with van der Waals surface area (Å²) in [5.41, 5.74) is 1.88. The molecular weight excluding hydrogens is 546 g/mol. The number of ether oxygens (including phenoxy) is 3. The minimum Gasteiger partial charge on any atom is -0.495 e. The number of fused-ring (bicyclic) bond motifs is 2. The number of para-hydroxylation sites is 2. The quantitative estimate of drug-likeness (QED) is 0.358. The highest BCUT2D eigenvalue weighted by Gasteiger charge is 2.27. The van der Waals surface area contributed by atoms with Gasteiger partial charge < -0.3 is 24.4 Å². The van der Waals surface area contributed by atoms with Gasteiger partial charge in [-0.3, -0.25) is 23.9 Å². The van der Waals surface area contributed by atoms with Crippen molar-refractivity contribution >= 4 is 39.1 Å². The van der Waals surface area contributed by atoms with Crippen LogP contribution in [0.15, 0.2) is 53.6 Å². The zero-order chi connectivity index (χ0) is 28.5. The van der Waals surface area contributed by atoms with Gasteiger partial charge in [0, 0.05) is 32.7 Å². The molecule has 11 nitrogen and oxygen atoms in total. The van der Waals surface area contributed by atoms with Crippen LogP contribution in [0.3, 0.4) is 0 Å². The van der Waals surface area contributed by atoms with Gasteiger partial charge >= 0.3 is 0 Å². The number of piperazine rings is 1. The van der Waals surface area contributed by atoms with Gasteiger partial charge in [-0.2, -0.15) is 0 Å². The van der Waals surface area contributed by atoms with Crippen molar-refractivity contribution in [2.45, 2.75) is 20.0 Å². The molecule has 6 rings (SSSR count). The van der Waals surface area contributed by atoms with Crippen molar-refractivity contribution in [3.8, 4) is 17.2 Å². The standard InChI is InChI=1S/C29H29N5O6S/c1-18-25-27(30-16-34(28(25)36)15-24(35)31-20-5-3-4-6-21(20)38-2)41-26(18)29(37)33-11-9-32(10-12-33)14-19-7-8-22-23(13-19)40-17-39-22/h3-8,13,16H,9-12,14-15,17H2,1-2H3,(H,31,35). The fourth-order valence-electron chi connectivity index (χ4n) is 5.12. The van der Waals surface area contributed by atoms with Gasteiger partial charge in [0.1, 0.15) is 17.1 Å². The van der Waals surface area contributed by atoms with Crippen molar-refractivity contribution in [3.05, 3.63) is 75.1 Å². The van der Waals surface area contributed by atoms with E-state index in [0.29, 0.717) is 45.2 Å². The van der Waals surface area contributed by atoms with Gasteiger partial charge in [-0.05, 0) is 42.3 Å². The van der Waals surface area contributed by atoms with Crippen molar-refractivity contribution in [1.29, 1.82) is 0 Å². The number of hydrogen-bond donors (Lipinski definition) is 1. The average Bonchev–Trinajstić information content (AvgIpc) is 3.59. The molecule has 2 amide bonds. The van der Waals surface area contributed by atoms with Crippen molar-refractivity contribution < 1.29 is 23.8 Å². The first kappa shape index (κ1) is 26.8. The number of nitrogens with one attached hydrogen (secondary N) is 1. The molecule has 1 saturated heterocycles. The normalized spacial score (nSPS) is 14.8. The first-order valence-electron chi connectivity index (χ1n) is 13.2. The monoisotopic (exact) mass is 575 g/mol. The first-order valence-corrected chi connectivity index (χ1v) is 14.0. The molecule has 0 atom stereocenters. The van der Waals surface area contributed by atoms with Crippen molar-refractivity contribution in [2.75, 3.05) is 45.4 Å². The summed E-state index contributed by atoms with van der Waals surface area (Å²) in [4.78, 5) is 49.1. The Morgan fingerprint density at radius 2 is 1.85 bits per heavy atom. The number of benzene rings is 2. The molecule has 2 aliphatic rings. The molecule has 4 heterocycles. The van der Waals surface area contributed by atoms with Crippen molar-refractivity contribution in [2.24, 2.45) is 0 Å². The van der Waals surface area contributed by atoms with E-state index in [0.717, 1.165) is 36.7 Å². The predicted molar refractivity (Wildman–Crippen MR) is 154 cm³/mol. The minimum atomic E-state index is -0.388. The highest BCUT2D eigenvalue weighted by atomic mass is 32.1. The summed E-state index contributed by atoms with van der Waals surface area (Å²) >= 11 is 1.22. The predicted octanol–water partition coefficient (Wildman–Crippen LogP) is 3.10. The number of carbonyl (C=O) groups is 2. The topological polar surface area (TPSA) is 115 Å². The van der Waals surface area contributed by atoms with Crippen molar-refractivity contribution in [3.63, 3.8) is 0 Å². The summed E-state index contributed by atoms with van der Waals surface area (Å²) in [7, 11) is 1.52. The molecule has 1 fully saturated rings. The van der Waals surface area contributed by atoms with E-state index >= 15 is 0 Å². The molecule has 4 aromatic rings. The van der Waals surface area contributed by atoms with E-state index in [4.69, 9.17) is 14.2 Å². The lowest BCUT2D eigenvalue weighted by Gasteiger charge is -2.34. The molecule has 12 heteroatoms. The van der Waals surface area contributed by atoms with Gasteiger partial charge in [0.25, 0.3) is 11.5 Å². The van der Waals surface area contributed by atoms with Crippen LogP contribution in [0.25, 0.3) is 10.2 Å². The number of carbonyl (C=O) groups excluding carboxylic acids is 2. The Bertz CT molecular complexity index is 1690. The number of thiophene rings is 1. The zero-order valence-electron chi connectivity index (χ0n) is 22.7. The maximum absolute atomic E-state index is 13.5. The van der Waals surface area contributed by atoms with Crippen LogP contribution >= 0.6 is 11.3 Å². The van der Waals surface area contributed by atoms with Gasteiger partial charge in [0.05, 0.1) is 29.4 Å². The van der Waals surface area contributed by atoms with Crippen LogP contribution in [0.4, 0.5) is 5.69 Å². The van der Waals surface area contributed by atoms with Gasteiger partial charge in [0.2, 0.25) is 12.7 Å². The second-order valence-electron chi connectivity index (χ2n) is 9.92. The number of nitrogens with zero attached hydrogens (tertiary/aromatic N) is 4. The molecule has 41 heavy (non-hydrogen) atoms. The second-order valence-corrected chi connectivity index (χ2v) is 10.9. The Labute approximate surface area is 239 Å². The Kier molecular flexibility index (Phi) is 7.33. The van der Waals surface area contributed by atoms with Crippen LogP contribution in [-0.4, -0.2) is 71.2 Å². The minimum absolute atomic E-state index is 0.104. The lowest BCUT2D eigenvalue weighted by molar-refractivity contribution is -0.116. The third-order valence-corrected chi connectivity index (χ3v) is 8.50. The number of rotatable bonds is 7. The zero-order valence-corrected chi connectivity index (χ0v) is 23.5. The van der Waals surface area contributed by atoms with Crippen LogP contribution in [0.1, 0.15) is 20.8 Å². The molecule has 0 aliphatic carbocycles. The third-order valence-electron chi connectivity index (χ3n) is 7.31. The molecule has 0 bridgehead atoms. The van der Waals surface area contributed by atoms with Gasteiger partial charge in [-0.15, -0.1) is 11.3 Å². The molecule has 1 N–H and O–H groups in total. The third kappa shape index (κ3) is 5.35. The maximum atomic E-state index is 13.5. The SMILES string of the molecule is COc1ccccc1NC(=O)Cn1cnc2sc(C(=O)N3CCN(Cc4ccc5c(c4)OCO5)CC3)c(C)c2c1=O. The van der Waals surface area contributed by atoms with Gasteiger partial charge in [0.15, 0.2) is 11.5 Å². The summed E-state index contributed by atoms with van der Waals surface area (Å²) < 4.78 is 17.4. The molecule has 212 valence electrons. The Hall–Kier alpha value is -4.42. The Morgan fingerprint density at radius 1 is 1.07 bits per heavy atom. The number of aryl methyl sites for hydroxylation is 1. The van der Waals surface area contributed by atoms with Crippen LogP contribution in [0.5, 0.6) is 17.2 Å². The number of aromatic nitrogens is 2. The van der Waals surface area contributed by atoms with Crippen LogP contribution in [0, 0.1) is 6.92 Å². The fraction of sp³-hybridized carbons (Fsp3) is 0.310. The second kappa shape index (κ2) is 11.2. The van der Waals surface area contributed by atoms with Crippen LogP contribution in [0.2, 0.25) is 0 Å². The largest absolute Gasteiger partial charge is 0.495 e. The Balaban J connectivity index is 1.12. The number of methoxy groups -OCH3 is 1. The number of amides is 2. The van der Waals surface area contributed by atoms with Crippen LogP contribution < -0.4 is 25.1 Å². The molecule has 0 spiro atoms. The summed E-state index contributed by atoms with van der Waals surface area (Å²) in [5, 5.41) is 3.14. The maximum Gasteiger partial charge on any atom is 0.264 e. The van der Waals surface area contributed by atoms with Gasteiger partial charge in [-0.25, -0.2) is 4.98 Å². The van der Waals surface area contributed by atoms with E-state index in [2.05, 4.69) is 15.2 Å². The molecular formula is C29H29N5O6S. The highest BCUT2D eigenvalue weighted by Crippen LogP contribution is 2.33. The molecule has 0 radical (unpaired) electrons. The summed E-state index contributed by atoms with van der Waals surface area (Å²) in [6.45, 7) is 5.19. The lowest BCUT2D eigenvalue weighted by atomic mass is 10.1. The summed E-state index contributed by atoms with van der Waals surface area (Å²) in [6.07, 6.45) is 1.35. The van der Waals surface area contributed by atoms with E-state index in [1.165, 1.54) is 29.3 Å². The van der Waals surface area contributed by atoms with Gasteiger partial charge in [-0.1, -0.05) is 18.2 Å². The van der Waals surface area contributed by atoms with E-state index in [1.54, 1.807) is 31.2 Å². The van der Waals surface area contributed by atoms with E-state index in [-0.39, 0.29) is 30.7 Å². The highest BCUT2D eigenvalue weighted by molar-refractivity contribution is 7.20. The smallest absolute Gasteiger partial charge is 0.264 e. The molecule has 0 unspecified atom stereocenters. The fourth-order valence-corrected chi connectivity index (χ4v) is 6.23. The number of hydrogen-bond acceptors (Lipinski definition) is 9.